The Bertz CT molecular complexity index is 1400. The highest BCUT2D eigenvalue weighted by atomic mass is 35.5. The zero-order chi connectivity index (χ0) is 21.9. The van der Waals surface area contributed by atoms with Crippen molar-refractivity contribution in [3.63, 3.8) is 0 Å². The molecule has 0 saturated carbocycles. The number of benzene rings is 4. The van der Waals surface area contributed by atoms with Crippen LogP contribution in [-0.4, -0.2) is 4.57 Å². The third-order valence-corrected chi connectivity index (χ3v) is 5.50. The molecule has 5 aromatic rings. The quantitative estimate of drug-likeness (QED) is 0.285. The van der Waals surface area contributed by atoms with Crippen molar-refractivity contribution in [3.05, 3.63) is 125 Å². The molecule has 156 valence electrons. The molecule has 0 atom stereocenters. The van der Waals surface area contributed by atoms with Crippen LogP contribution in [0.4, 0.5) is 5.69 Å². The summed E-state index contributed by atoms with van der Waals surface area (Å²) in [5.74, 6) is 0.769. The lowest BCUT2D eigenvalue weighted by atomic mass is 10.1. The van der Waals surface area contributed by atoms with Crippen LogP contribution in [0.2, 0.25) is 5.02 Å². The third-order valence-electron chi connectivity index (χ3n) is 5.25. The molecule has 0 fully saturated rings. The maximum absolute atomic E-state index is 6.47. The van der Waals surface area contributed by atoms with Crippen LogP contribution in [0.3, 0.4) is 0 Å². The van der Waals surface area contributed by atoms with E-state index in [0.717, 1.165) is 34.0 Å². The van der Waals surface area contributed by atoms with Crippen molar-refractivity contribution in [1.82, 2.24) is 4.57 Å². The first-order valence-electron chi connectivity index (χ1n) is 10.4. The average molecular weight is 437 g/mol. The highest BCUT2D eigenvalue weighted by Crippen LogP contribution is 2.33. The SMILES string of the molecule is Cc1ccc(-n2c(-c3ccccc3)c(-c3ccccc3)oc2=Nc2ccc(Cl)cc2)cc1. The maximum Gasteiger partial charge on any atom is 0.307 e. The summed E-state index contributed by atoms with van der Waals surface area (Å²) in [4.78, 5) is 4.85. The molecule has 0 aliphatic heterocycles. The first-order valence-corrected chi connectivity index (χ1v) is 10.8. The van der Waals surface area contributed by atoms with E-state index in [9.17, 15) is 0 Å². The first kappa shape index (κ1) is 20.1. The summed E-state index contributed by atoms with van der Waals surface area (Å²) in [5.41, 5.74) is 6.43. The highest BCUT2D eigenvalue weighted by molar-refractivity contribution is 6.30. The number of aromatic nitrogens is 1. The summed E-state index contributed by atoms with van der Waals surface area (Å²) in [5, 5.41) is 0.671. The third kappa shape index (κ3) is 4.03. The normalized spacial score (nSPS) is 11.6. The molecule has 4 heteroatoms. The maximum atomic E-state index is 6.47. The summed E-state index contributed by atoms with van der Waals surface area (Å²) in [7, 11) is 0. The molecular weight excluding hydrogens is 416 g/mol. The molecule has 0 spiro atoms. The molecular formula is C28H21ClN2O. The fraction of sp³-hybridized carbons (Fsp3) is 0.0357. The predicted octanol–water partition coefficient (Wildman–Crippen LogP) is 7.60. The van der Waals surface area contributed by atoms with Gasteiger partial charge in [0, 0.05) is 16.1 Å². The van der Waals surface area contributed by atoms with Crippen molar-refractivity contribution in [2.75, 3.05) is 0 Å². The Hall–Kier alpha value is -3.82. The zero-order valence-corrected chi connectivity index (χ0v) is 18.3. The molecule has 1 aromatic heterocycles. The number of rotatable bonds is 4. The molecule has 4 aromatic carbocycles. The van der Waals surface area contributed by atoms with Gasteiger partial charge in [0.1, 0.15) is 5.69 Å². The minimum Gasteiger partial charge on any atom is -0.422 e. The molecule has 0 radical (unpaired) electrons. The second kappa shape index (κ2) is 8.74. The molecule has 5 rings (SSSR count). The van der Waals surface area contributed by atoms with Gasteiger partial charge in [-0.15, -0.1) is 0 Å². The van der Waals surface area contributed by atoms with E-state index in [-0.39, 0.29) is 0 Å². The van der Waals surface area contributed by atoms with Crippen molar-refractivity contribution in [2.24, 2.45) is 4.99 Å². The number of hydrogen-bond acceptors (Lipinski definition) is 2. The van der Waals surface area contributed by atoms with Crippen molar-refractivity contribution < 1.29 is 4.42 Å². The molecule has 0 bridgehead atoms. The second-order valence-electron chi connectivity index (χ2n) is 7.55. The van der Waals surface area contributed by atoms with Gasteiger partial charge in [-0.25, -0.2) is 0 Å². The van der Waals surface area contributed by atoms with Crippen LogP contribution < -0.4 is 5.68 Å². The van der Waals surface area contributed by atoms with Crippen LogP contribution in [0.1, 0.15) is 5.56 Å². The van der Waals surface area contributed by atoms with Crippen LogP contribution >= 0.6 is 11.6 Å². The molecule has 0 N–H and O–H groups in total. The van der Waals surface area contributed by atoms with Crippen molar-refractivity contribution in [3.8, 4) is 28.3 Å². The topological polar surface area (TPSA) is 30.4 Å². The molecule has 1 heterocycles. The Morgan fingerprint density at radius 2 is 1.28 bits per heavy atom. The summed E-state index contributed by atoms with van der Waals surface area (Å²) in [6.07, 6.45) is 0. The molecule has 0 aliphatic carbocycles. The monoisotopic (exact) mass is 436 g/mol. The van der Waals surface area contributed by atoms with E-state index in [1.807, 2.05) is 60.7 Å². The van der Waals surface area contributed by atoms with Crippen LogP contribution in [0.25, 0.3) is 28.3 Å². The first-order chi connectivity index (χ1) is 15.7. The Balaban J connectivity index is 1.86. The minimum atomic E-state index is 0.494. The van der Waals surface area contributed by atoms with Gasteiger partial charge in [0.2, 0.25) is 0 Å². The van der Waals surface area contributed by atoms with E-state index < -0.39 is 0 Å². The van der Waals surface area contributed by atoms with Gasteiger partial charge in [-0.05, 0) is 43.3 Å². The molecule has 32 heavy (non-hydrogen) atoms. The molecule has 0 saturated heterocycles. The fourth-order valence-corrected chi connectivity index (χ4v) is 3.78. The predicted molar refractivity (Wildman–Crippen MR) is 130 cm³/mol. The summed E-state index contributed by atoms with van der Waals surface area (Å²) in [6.45, 7) is 2.08. The lowest BCUT2D eigenvalue weighted by Crippen LogP contribution is -2.15. The van der Waals surface area contributed by atoms with Gasteiger partial charge >= 0.3 is 5.68 Å². The fourth-order valence-electron chi connectivity index (χ4n) is 3.66. The van der Waals surface area contributed by atoms with Crippen LogP contribution in [0, 0.1) is 6.92 Å². The smallest absolute Gasteiger partial charge is 0.307 e. The summed E-state index contributed by atoms with van der Waals surface area (Å²) >= 11 is 6.08. The van der Waals surface area contributed by atoms with E-state index in [4.69, 9.17) is 21.0 Å². The zero-order valence-electron chi connectivity index (χ0n) is 17.6. The Morgan fingerprint density at radius 3 is 1.91 bits per heavy atom. The Kier molecular flexibility index (Phi) is 5.49. The molecule has 0 aliphatic rings. The largest absolute Gasteiger partial charge is 0.422 e. The Labute approximate surface area is 191 Å². The average Bonchev–Trinajstić information content (AvgIpc) is 3.21. The molecule has 3 nitrogen and oxygen atoms in total. The van der Waals surface area contributed by atoms with E-state index >= 15 is 0 Å². The van der Waals surface area contributed by atoms with E-state index in [0.29, 0.717) is 10.7 Å². The molecule has 0 unspecified atom stereocenters. The van der Waals surface area contributed by atoms with Crippen LogP contribution in [-0.2, 0) is 0 Å². The lowest BCUT2D eigenvalue weighted by Gasteiger charge is -2.10. The van der Waals surface area contributed by atoms with Crippen molar-refractivity contribution >= 4 is 17.3 Å². The van der Waals surface area contributed by atoms with Crippen LogP contribution in [0.5, 0.6) is 0 Å². The molecule has 0 amide bonds. The van der Waals surface area contributed by atoms with Gasteiger partial charge in [-0.2, -0.15) is 4.99 Å². The number of aryl methyl sites for hydroxylation is 1. The number of halogens is 1. The summed E-state index contributed by atoms with van der Waals surface area (Å²) < 4.78 is 8.54. The van der Waals surface area contributed by atoms with Gasteiger partial charge in [0.05, 0.1) is 11.4 Å². The number of oxazole rings is 1. The lowest BCUT2D eigenvalue weighted by molar-refractivity contribution is 0.499. The van der Waals surface area contributed by atoms with Crippen LogP contribution in [0.15, 0.2) is 119 Å². The summed E-state index contributed by atoms with van der Waals surface area (Å²) in [6, 6.07) is 36.2. The Morgan fingerprint density at radius 1 is 0.688 bits per heavy atom. The second-order valence-corrected chi connectivity index (χ2v) is 7.99. The number of hydrogen-bond donors (Lipinski definition) is 0. The van der Waals surface area contributed by atoms with Gasteiger partial charge in [0.25, 0.3) is 0 Å². The van der Waals surface area contributed by atoms with Gasteiger partial charge in [-0.3, -0.25) is 4.57 Å². The van der Waals surface area contributed by atoms with E-state index in [1.54, 1.807) is 0 Å². The van der Waals surface area contributed by atoms with Crippen molar-refractivity contribution in [1.29, 1.82) is 0 Å². The number of nitrogens with zero attached hydrogens (tertiary/aromatic N) is 2. The van der Waals surface area contributed by atoms with Crippen molar-refractivity contribution in [2.45, 2.75) is 6.92 Å². The van der Waals surface area contributed by atoms with Gasteiger partial charge < -0.3 is 4.42 Å². The van der Waals surface area contributed by atoms with E-state index in [2.05, 4.69) is 60.0 Å². The van der Waals surface area contributed by atoms with Gasteiger partial charge in [0.15, 0.2) is 5.76 Å². The minimum absolute atomic E-state index is 0.494. The van der Waals surface area contributed by atoms with E-state index in [1.165, 1.54) is 5.56 Å². The standard InChI is InChI=1S/C28H21ClN2O/c1-20-12-18-25(19-13-20)31-26(21-8-4-2-5-9-21)27(22-10-6-3-7-11-22)32-28(31)30-24-16-14-23(29)15-17-24/h2-19H,1H3. The van der Waals surface area contributed by atoms with Gasteiger partial charge in [-0.1, -0.05) is 90.0 Å². The highest BCUT2D eigenvalue weighted by Gasteiger charge is 2.20.